The molecule has 0 bridgehead atoms. The van der Waals surface area contributed by atoms with Crippen LogP contribution in [-0.2, 0) is 31.6 Å². The van der Waals surface area contributed by atoms with Gasteiger partial charge in [0.05, 0.1) is 33.9 Å². The van der Waals surface area contributed by atoms with Gasteiger partial charge in [-0.1, -0.05) is 31.2 Å². The molecule has 2 aromatic carbocycles. The number of carbonyl (C=O) groups excluding carboxylic acids is 3. The third kappa shape index (κ3) is 5.75. The average Bonchev–Trinajstić information content (AvgIpc) is 2.75. The van der Waals surface area contributed by atoms with Gasteiger partial charge in [-0.15, -0.1) is 0 Å². The quantitative estimate of drug-likeness (QED) is 0.678. The van der Waals surface area contributed by atoms with E-state index in [1.807, 2.05) is 0 Å². The molecular weight excluding hydrogens is 382 g/mol. The zero-order chi connectivity index (χ0) is 20.5. The molecule has 0 radical (unpaired) electrons. The van der Waals surface area contributed by atoms with E-state index in [2.05, 4.69) is 10.1 Å². The van der Waals surface area contributed by atoms with Crippen LogP contribution in [0.1, 0.15) is 33.2 Å². The van der Waals surface area contributed by atoms with Gasteiger partial charge in [0.2, 0.25) is 0 Å². The molecule has 8 heteroatoms. The highest BCUT2D eigenvalue weighted by Gasteiger charge is 2.17. The van der Waals surface area contributed by atoms with Crippen molar-refractivity contribution in [3.05, 3.63) is 65.2 Å². The molecule has 2 aromatic rings. The molecule has 0 aromatic heterocycles. The standard InChI is InChI=1S/C20H21NO6S/c1-3-28(25)17-7-5-4-6-16(17)20(24)27-13-18(22)21-12-14-8-10-15(11-9-14)19(23)26-2/h4-11H,3,12-13H2,1-2H3,(H,21,22)/t28-/m1/s1. The van der Waals surface area contributed by atoms with E-state index in [9.17, 15) is 18.6 Å². The summed E-state index contributed by atoms with van der Waals surface area (Å²) in [6.07, 6.45) is 0. The predicted molar refractivity (Wildman–Crippen MR) is 103 cm³/mol. The maximum absolute atomic E-state index is 12.2. The molecule has 28 heavy (non-hydrogen) atoms. The molecule has 0 unspecified atom stereocenters. The zero-order valence-corrected chi connectivity index (χ0v) is 16.4. The van der Waals surface area contributed by atoms with Crippen molar-refractivity contribution in [3.8, 4) is 0 Å². The molecule has 0 aliphatic heterocycles. The minimum atomic E-state index is -1.31. The maximum atomic E-state index is 12.2. The van der Waals surface area contributed by atoms with Gasteiger partial charge in [-0.2, -0.15) is 0 Å². The molecule has 0 aliphatic rings. The van der Waals surface area contributed by atoms with Gasteiger partial charge in [0, 0.05) is 12.3 Å². The Morgan fingerprint density at radius 2 is 1.68 bits per heavy atom. The van der Waals surface area contributed by atoms with Crippen molar-refractivity contribution in [2.45, 2.75) is 18.4 Å². The van der Waals surface area contributed by atoms with Crippen molar-refractivity contribution >= 4 is 28.6 Å². The summed E-state index contributed by atoms with van der Waals surface area (Å²) in [6.45, 7) is 1.52. The first-order valence-corrected chi connectivity index (χ1v) is 9.86. The SMILES string of the molecule is CC[S@@](=O)c1ccccc1C(=O)OCC(=O)NCc1ccc(C(=O)OC)cc1. The van der Waals surface area contributed by atoms with Crippen LogP contribution >= 0.6 is 0 Å². The minimum absolute atomic E-state index is 0.189. The van der Waals surface area contributed by atoms with E-state index < -0.39 is 35.3 Å². The van der Waals surface area contributed by atoms with Crippen molar-refractivity contribution < 1.29 is 28.1 Å². The van der Waals surface area contributed by atoms with E-state index in [0.29, 0.717) is 16.2 Å². The Morgan fingerprint density at radius 1 is 1.00 bits per heavy atom. The molecular formula is C20H21NO6S. The van der Waals surface area contributed by atoms with Crippen LogP contribution in [0, 0.1) is 0 Å². The Balaban J connectivity index is 1.87. The second-order valence-electron chi connectivity index (χ2n) is 5.67. The largest absolute Gasteiger partial charge is 0.465 e. The number of nitrogens with one attached hydrogen (secondary N) is 1. The summed E-state index contributed by atoms with van der Waals surface area (Å²) in [5, 5.41) is 2.62. The smallest absolute Gasteiger partial charge is 0.339 e. The maximum Gasteiger partial charge on any atom is 0.339 e. The van der Waals surface area contributed by atoms with Gasteiger partial charge in [0.1, 0.15) is 0 Å². The van der Waals surface area contributed by atoms with Crippen LogP contribution in [0.2, 0.25) is 0 Å². The fourth-order valence-corrected chi connectivity index (χ4v) is 3.26. The van der Waals surface area contributed by atoms with Crippen LogP contribution in [0.3, 0.4) is 0 Å². The van der Waals surface area contributed by atoms with Gasteiger partial charge < -0.3 is 14.8 Å². The van der Waals surface area contributed by atoms with Gasteiger partial charge in [-0.3, -0.25) is 9.00 Å². The lowest BCUT2D eigenvalue weighted by atomic mass is 10.1. The second-order valence-corrected chi connectivity index (χ2v) is 7.38. The number of esters is 2. The third-order valence-electron chi connectivity index (χ3n) is 3.81. The summed E-state index contributed by atoms with van der Waals surface area (Å²) in [4.78, 5) is 35.9. The zero-order valence-electron chi connectivity index (χ0n) is 15.6. The lowest BCUT2D eigenvalue weighted by Crippen LogP contribution is -2.28. The van der Waals surface area contributed by atoms with Gasteiger partial charge in [-0.05, 0) is 29.8 Å². The summed E-state index contributed by atoms with van der Waals surface area (Å²) in [6, 6.07) is 13.0. The van der Waals surface area contributed by atoms with E-state index in [1.54, 1.807) is 49.4 Å². The van der Waals surface area contributed by atoms with E-state index in [0.717, 1.165) is 5.56 Å². The van der Waals surface area contributed by atoms with Crippen LogP contribution in [-0.4, -0.2) is 41.5 Å². The number of amides is 1. The molecule has 1 N–H and O–H groups in total. The molecule has 1 amide bonds. The number of carbonyl (C=O) groups is 3. The molecule has 2 rings (SSSR count). The van der Waals surface area contributed by atoms with E-state index in [4.69, 9.17) is 4.74 Å². The molecule has 0 heterocycles. The van der Waals surface area contributed by atoms with Gasteiger partial charge in [0.15, 0.2) is 6.61 Å². The number of rotatable bonds is 8. The minimum Gasteiger partial charge on any atom is -0.465 e. The van der Waals surface area contributed by atoms with Gasteiger partial charge >= 0.3 is 11.9 Å². The predicted octanol–water partition coefficient (Wildman–Crippen LogP) is 2.07. The van der Waals surface area contributed by atoms with Crippen LogP contribution in [0.4, 0.5) is 0 Å². The summed E-state index contributed by atoms with van der Waals surface area (Å²) in [5.41, 5.74) is 1.37. The number of hydrogen-bond donors (Lipinski definition) is 1. The van der Waals surface area contributed by atoms with Gasteiger partial charge in [-0.25, -0.2) is 9.59 Å². The topological polar surface area (TPSA) is 98.8 Å². The molecule has 0 saturated carbocycles. The lowest BCUT2D eigenvalue weighted by Gasteiger charge is -2.09. The molecule has 7 nitrogen and oxygen atoms in total. The van der Waals surface area contributed by atoms with Crippen LogP contribution < -0.4 is 5.32 Å². The Morgan fingerprint density at radius 3 is 2.32 bits per heavy atom. The Labute approximate surface area is 165 Å². The molecule has 0 fully saturated rings. The van der Waals surface area contributed by atoms with E-state index in [1.165, 1.54) is 13.2 Å². The van der Waals surface area contributed by atoms with E-state index in [-0.39, 0.29) is 12.1 Å². The summed E-state index contributed by atoms with van der Waals surface area (Å²) in [7, 11) is -0.00398. The number of ether oxygens (including phenoxy) is 2. The summed E-state index contributed by atoms with van der Waals surface area (Å²) >= 11 is 0. The normalized spacial score (nSPS) is 11.4. The molecule has 0 aliphatic carbocycles. The molecule has 148 valence electrons. The lowest BCUT2D eigenvalue weighted by molar-refractivity contribution is -0.124. The van der Waals surface area contributed by atoms with E-state index >= 15 is 0 Å². The van der Waals surface area contributed by atoms with Crippen molar-refractivity contribution in [1.82, 2.24) is 5.32 Å². The van der Waals surface area contributed by atoms with Crippen molar-refractivity contribution in [1.29, 1.82) is 0 Å². The summed E-state index contributed by atoms with van der Waals surface area (Å²) < 4.78 is 21.7. The molecule has 0 saturated heterocycles. The van der Waals surface area contributed by atoms with Crippen LogP contribution in [0.25, 0.3) is 0 Å². The van der Waals surface area contributed by atoms with Crippen LogP contribution in [0.15, 0.2) is 53.4 Å². The summed E-state index contributed by atoms with van der Waals surface area (Å²) in [5.74, 6) is -1.24. The van der Waals surface area contributed by atoms with Crippen molar-refractivity contribution in [2.75, 3.05) is 19.5 Å². The fourth-order valence-electron chi connectivity index (χ4n) is 2.33. The first kappa shape index (κ1) is 21.3. The first-order chi connectivity index (χ1) is 13.5. The van der Waals surface area contributed by atoms with Crippen molar-refractivity contribution in [2.24, 2.45) is 0 Å². The number of hydrogen-bond acceptors (Lipinski definition) is 6. The monoisotopic (exact) mass is 403 g/mol. The number of benzene rings is 2. The fraction of sp³-hybridized carbons (Fsp3) is 0.250. The highest BCUT2D eigenvalue weighted by molar-refractivity contribution is 7.85. The van der Waals surface area contributed by atoms with Gasteiger partial charge in [0.25, 0.3) is 5.91 Å². The Kier molecular flexibility index (Phi) is 7.88. The number of methoxy groups -OCH3 is 1. The average molecular weight is 403 g/mol. The second kappa shape index (κ2) is 10.4. The Hall–Kier alpha value is -3.00. The Bertz CT molecular complexity index is 879. The van der Waals surface area contributed by atoms with Crippen LogP contribution in [0.5, 0.6) is 0 Å². The van der Waals surface area contributed by atoms with Crippen molar-refractivity contribution in [3.63, 3.8) is 0 Å². The third-order valence-corrected chi connectivity index (χ3v) is 5.18. The highest BCUT2D eigenvalue weighted by atomic mass is 32.2. The molecule has 1 atom stereocenters. The first-order valence-electron chi connectivity index (χ1n) is 8.54. The molecule has 0 spiro atoms. The highest BCUT2D eigenvalue weighted by Crippen LogP contribution is 2.15.